The van der Waals surface area contributed by atoms with Gasteiger partial charge in [0.1, 0.15) is 5.75 Å². The van der Waals surface area contributed by atoms with E-state index < -0.39 is 7.60 Å². The number of ether oxygens (including phenoxy) is 1. The molecule has 0 saturated carbocycles. The van der Waals surface area contributed by atoms with E-state index in [-0.39, 0.29) is 5.44 Å². The highest BCUT2D eigenvalue weighted by Gasteiger charge is 2.34. The molecule has 0 bridgehead atoms. The van der Waals surface area contributed by atoms with Gasteiger partial charge in [-0.1, -0.05) is 15.9 Å². The van der Waals surface area contributed by atoms with Gasteiger partial charge in [-0.15, -0.1) is 4.68 Å². The van der Waals surface area contributed by atoms with Gasteiger partial charge in [-0.05, 0) is 24.3 Å². The molecule has 2 heterocycles. The van der Waals surface area contributed by atoms with E-state index >= 15 is 0 Å². The van der Waals surface area contributed by atoms with Crippen LogP contribution in [0.2, 0.25) is 0 Å². The van der Waals surface area contributed by atoms with E-state index in [0.717, 1.165) is 5.56 Å². The molecule has 116 valence electrons. The summed E-state index contributed by atoms with van der Waals surface area (Å²) in [7, 11) is -1.15. The SMILES string of the molecule is COc1ccc(-c2nn3c(P(=O)(O)OC)csc3[n+]2N)cc1. The van der Waals surface area contributed by atoms with Crippen LogP contribution in [-0.4, -0.2) is 28.7 Å². The minimum Gasteiger partial charge on any atom is -0.497 e. The van der Waals surface area contributed by atoms with Crippen molar-refractivity contribution in [2.75, 3.05) is 20.1 Å². The zero-order chi connectivity index (χ0) is 15.9. The number of nitrogens with two attached hydrogens (primary N) is 1. The highest BCUT2D eigenvalue weighted by atomic mass is 32.1. The van der Waals surface area contributed by atoms with Crippen molar-refractivity contribution in [1.29, 1.82) is 0 Å². The van der Waals surface area contributed by atoms with Crippen LogP contribution in [0.1, 0.15) is 0 Å². The van der Waals surface area contributed by atoms with Gasteiger partial charge in [0.05, 0.1) is 17.8 Å². The summed E-state index contributed by atoms with van der Waals surface area (Å²) in [6, 6.07) is 7.19. The standard InChI is InChI=1S/C12H13N4O4PS/c1-19-9-5-3-8(4-6-9)11-14-16-10(21(17,18)20-2)7-22-12(16)15(11)13/h3-7H,13H2,1-2H3/p+1. The van der Waals surface area contributed by atoms with Gasteiger partial charge >= 0.3 is 18.4 Å². The molecule has 10 heteroatoms. The number of nitrogens with zero attached hydrogens (tertiary/aromatic N) is 3. The smallest absolute Gasteiger partial charge is 0.394 e. The Morgan fingerprint density at radius 1 is 1.36 bits per heavy atom. The summed E-state index contributed by atoms with van der Waals surface area (Å²) in [6.45, 7) is 0. The molecule has 3 N–H and O–H groups in total. The Kier molecular flexibility index (Phi) is 3.65. The summed E-state index contributed by atoms with van der Waals surface area (Å²) >= 11 is 1.21. The minimum atomic E-state index is -3.91. The van der Waals surface area contributed by atoms with Crippen LogP contribution in [0.15, 0.2) is 29.6 Å². The zero-order valence-electron chi connectivity index (χ0n) is 11.8. The Bertz CT molecular complexity index is 873. The lowest BCUT2D eigenvalue weighted by molar-refractivity contribution is -0.598. The first-order chi connectivity index (χ1) is 10.5. The van der Waals surface area contributed by atoms with Crippen molar-refractivity contribution in [3.05, 3.63) is 29.6 Å². The molecule has 2 aromatic heterocycles. The first-order valence-corrected chi connectivity index (χ1v) is 8.64. The number of hydrogen-bond acceptors (Lipinski definition) is 6. The van der Waals surface area contributed by atoms with Crippen LogP contribution in [0.5, 0.6) is 5.75 Å². The lowest BCUT2D eigenvalue weighted by atomic mass is 10.2. The van der Waals surface area contributed by atoms with Crippen molar-refractivity contribution in [3.63, 3.8) is 0 Å². The molecule has 3 aromatic rings. The first-order valence-electron chi connectivity index (χ1n) is 6.19. The quantitative estimate of drug-likeness (QED) is 0.408. The third kappa shape index (κ3) is 2.28. The molecule has 1 unspecified atom stereocenters. The van der Waals surface area contributed by atoms with Gasteiger partial charge in [0.2, 0.25) is 5.44 Å². The van der Waals surface area contributed by atoms with Crippen LogP contribution >= 0.6 is 18.9 Å². The molecule has 0 spiro atoms. The van der Waals surface area contributed by atoms with Crippen molar-refractivity contribution in [2.24, 2.45) is 0 Å². The fraction of sp³-hybridized carbons (Fsp3) is 0.167. The molecule has 1 atom stereocenters. The van der Waals surface area contributed by atoms with Crippen molar-refractivity contribution >= 4 is 29.3 Å². The number of methoxy groups -OCH3 is 1. The number of thiazole rings is 1. The summed E-state index contributed by atoms with van der Waals surface area (Å²) in [6.07, 6.45) is 0. The average molecular weight is 341 g/mol. The van der Waals surface area contributed by atoms with Crippen molar-refractivity contribution in [1.82, 2.24) is 9.61 Å². The van der Waals surface area contributed by atoms with Gasteiger partial charge in [0.25, 0.3) is 0 Å². The van der Waals surface area contributed by atoms with Crippen LogP contribution in [0, 0.1) is 0 Å². The van der Waals surface area contributed by atoms with Crippen molar-refractivity contribution < 1.29 is 23.4 Å². The van der Waals surface area contributed by atoms with Gasteiger partial charge in [0, 0.05) is 12.5 Å². The summed E-state index contributed by atoms with van der Waals surface area (Å²) in [5, 5.41) is 5.83. The number of aromatic nitrogens is 3. The molecule has 0 saturated heterocycles. The van der Waals surface area contributed by atoms with E-state index in [4.69, 9.17) is 10.6 Å². The lowest BCUT2D eigenvalue weighted by Gasteiger charge is -2.01. The Balaban J connectivity index is 2.15. The highest BCUT2D eigenvalue weighted by Crippen LogP contribution is 2.40. The molecule has 22 heavy (non-hydrogen) atoms. The maximum absolute atomic E-state index is 12.0. The number of fused-ring (bicyclic) bond motifs is 1. The first kappa shape index (κ1) is 15.0. The molecular weight excluding hydrogens is 327 g/mol. The van der Waals surface area contributed by atoms with Crippen LogP contribution < -0.4 is 20.7 Å². The zero-order valence-corrected chi connectivity index (χ0v) is 13.5. The molecule has 0 radical (unpaired) electrons. The number of rotatable bonds is 4. The average Bonchev–Trinajstić information content (AvgIpc) is 3.08. The topological polar surface area (TPSA) is 103 Å². The van der Waals surface area contributed by atoms with Crippen LogP contribution in [0.4, 0.5) is 0 Å². The number of benzene rings is 1. The summed E-state index contributed by atoms with van der Waals surface area (Å²) < 4.78 is 24.5. The van der Waals surface area contributed by atoms with E-state index in [2.05, 4.69) is 9.62 Å². The van der Waals surface area contributed by atoms with Gasteiger partial charge in [0.15, 0.2) is 0 Å². The van der Waals surface area contributed by atoms with Gasteiger partial charge in [-0.2, -0.15) is 0 Å². The minimum absolute atomic E-state index is 0.0777. The monoisotopic (exact) mass is 341 g/mol. The number of nitrogen functional groups attached to an aromatic ring is 1. The predicted molar refractivity (Wildman–Crippen MR) is 81.9 cm³/mol. The van der Waals surface area contributed by atoms with E-state index in [9.17, 15) is 9.46 Å². The largest absolute Gasteiger partial charge is 0.497 e. The Labute approximate surface area is 129 Å². The molecule has 0 aliphatic carbocycles. The fourth-order valence-corrected chi connectivity index (χ4v) is 4.08. The molecule has 0 amide bonds. The molecule has 0 aliphatic rings. The normalized spacial score (nSPS) is 14.1. The summed E-state index contributed by atoms with van der Waals surface area (Å²) in [4.78, 5) is 10.4. The second kappa shape index (κ2) is 5.36. The Morgan fingerprint density at radius 3 is 2.64 bits per heavy atom. The van der Waals surface area contributed by atoms with E-state index in [0.29, 0.717) is 16.5 Å². The Hall–Kier alpha value is -1.93. The third-order valence-electron chi connectivity index (χ3n) is 3.18. The van der Waals surface area contributed by atoms with E-state index in [1.54, 1.807) is 19.2 Å². The Morgan fingerprint density at radius 2 is 2.05 bits per heavy atom. The van der Waals surface area contributed by atoms with E-state index in [1.807, 2.05) is 12.1 Å². The van der Waals surface area contributed by atoms with Crippen molar-refractivity contribution in [2.45, 2.75) is 0 Å². The van der Waals surface area contributed by atoms with Gasteiger partial charge < -0.3 is 14.2 Å². The molecular formula is C12H14N4O4PS+. The van der Waals surface area contributed by atoms with Crippen molar-refractivity contribution in [3.8, 4) is 17.1 Å². The second-order valence-electron chi connectivity index (χ2n) is 4.41. The molecule has 8 nitrogen and oxygen atoms in total. The maximum atomic E-state index is 12.0. The van der Waals surface area contributed by atoms with Crippen LogP contribution in [0.3, 0.4) is 0 Å². The lowest BCUT2D eigenvalue weighted by Crippen LogP contribution is -2.45. The maximum Gasteiger partial charge on any atom is 0.394 e. The van der Waals surface area contributed by atoms with Crippen LogP contribution in [-0.2, 0) is 9.09 Å². The highest BCUT2D eigenvalue weighted by molar-refractivity contribution is 7.61. The number of hydrogen-bond donors (Lipinski definition) is 2. The summed E-state index contributed by atoms with van der Waals surface area (Å²) in [5.74, 6) is 7.22. The second-order valence-corrected chi connectivity index (χ2v) is 7.11. The molecule has 0 aliphatic heterocycles. The fourth-order valence-electron chi connectivity index (χ4n) is 2.01. The predicted octanol–water partition coefficient (Wildman–Crippen LogP) is 0.530. The molecule has 0 fully saturated rings. The van der Waals surface area contributed by atoms with Gasteiger partial charge in [-0.25, -0.2) is 0 Å². The molecule has 3 rings (SSSR count). The van der Waals surface area contributed by atoms with E-state index in [1.165, 1.54) is 33.0 Å². The molecule has 1 aromatic carbocycles. The summed E-state index contributed by atoms with van der Waals surface area (Å²) in [5.41, 5.74) is 0.837. The van der Waals surface area contributed by atoms with Gasteiger partial charge in [-0.3, -0.25) is 10.4 Å². The van der Waals surface area contributed by atoms with Crippen LogP contribution in [0.25, 0.3) is 16.3 Å². The third-order valence-corrected chi connectivity index (χ3v) is 5.67.